The summed E-state index contributed by atoms with van der Waals surface area (Å²) in [6.45, 7) is 0. The number of benzene rings is 2. The summed E-state index contributed by atoms with van der Waals surface area (Å²) in [5.74, 6) is -0.396. The van der Waals surface area contributed by atoms with Gasteiger partial charge in [-0.25, -0.2) is 0 Å². The smallest absolute Gasteiger partial charge is 0.324 e. The van der Waals surface area contributed by atoms with Gasteiger partial charge in [-0.15, -0.1) is 11.6 Å². The number of fused-ring (bicyclic) bond motifs is 1. The molecule has 0 spiro atoms. The molecule has 0 N–H and O–H groups in total. The van der Waals surface area contributed by atoms with Crippen molar-refractivity contribution in [2.75, 3.05) is 7.11 Å². The molecule has 2 nitrogen and oxygen atoms in total. The van der Waals surface area contributed by atoms with Gasteiger partial charge in [-0.2, -0.15) is 0 Å². The van der Waals surface area contributed by atoms with E-state index >= 15 is 0 Å². The minimum absolute atomic E-state index is 0.396. The Kier molecular flexibility index (Phi) is 4.25. The molecule has 2 rings (SSSR count). The molecule has 0 aliphatic rings. The minimum atomic E-state index is -0.636. The van der Waals surface area contributed by atoms with E-state index in [0.717, 1.165) is 20.8 Å². The zero-order valence-corrected chi connectivity index (χ0v) is 12.2. The lowest BCUT2D eigenvalue weighted by atomic mass is 10.0. The van der Waals surface area contributed by atoms with Crippen molar-refractivity contribution in [3.8, 4) is 0 Å². The molecule has 94 valence electrons. The molecule has 0 bridgehead atoms. The number of alkyl halides is 1. The minimum Gasteiger partial charge on any atom is -0.468 e. The van der Waals surface area contributed by atoms with Crippen LogP contribution in [-0.4, -0.2) is 18.5 Å². The lowest BCUT2D eigenvalue weighted by molar-refractivity contribution is -0.140. The Balaban J connectivity index is 2.25. The van der Waals surface area contributed by atoms with Gasteiger partial charge in [0.25, 0.3) is 0 Å². The molecule has 18 heavy (non-hydrogen) atoms. The zero-order chi connectivity index (χ0) is 13.1. The molecule has 0 fully saturated rings. The molecule has 0 aromatic heterocycles. The number of methoxy groups -OCH3 is 1. The van der Waals surface area contributed by atoms with E-state index in [1.165, 1.54) is 7.11 Å². The van der Waals surface area contributed by atoms with Crippen LogP contribution >= 0.6 is 27.5 Å². The number of rotatable bonds is 3. The van der Waals surface area contributed by atoms with Crippen LogP contribution in [-0.2, 0) is 16.0 Å². The molecule has 0 aliphatic carbocycles. The van der Waals surface area contributed by atoms with Gasteiger partial charge in [-0.05, 0) is 34.9 Å². The number of hydrogen-bond donors (Lipinski definition) is 0. The normalized spacial score (nSPS) is 12.4. The fraction of sp³-hybridized carbons (Fsp3) is 0.214. The lowest BCUT2D eigenvalue weighted by Crippen LogP contribution is -2.18. The molecule has 0 amide bonds. The molecule has 1 atom stereocenters. The topological polar surface area (TPSA) is 26.3 Å². The first kappa shape index (κ1) is 13.4. The summed E-state index contributed by atoms with van der Waals surface area (Å²) in [7, 11) is 1.34. The van der Waals surface area contributed by atoms with E-state index in [9.17, 15) is 4.79 Å². The van der Waals surface area contributed by atoms with E-state index in [1.54, 1.807) is 0 Å². The molecule has 4 heteroatoms. The molecule has 1 unspecified atom stereocenters. The van der Waals surface area contributed by atoms with E-state index in [2.05, 4.69) is 26.7 Å². The van der Waals surface area contributed by atoms with Crippen molar-refractivity contribution >= 4 is 44.3 Å². The molecule has 2 aromatic carbocycles. The second-order valence-electron chi connectivity index (χ2n) is 4.02. The van der Waals surface area contributed by atoms with Crippen LogP contribution in [0.4, 0.5) is 0 Å². The number of hydrogen-bond acceptors (Lipinski definition) is 2. The first-order valence-corrected chi connectivity index (χ1v) is 6.73. The average Bonchev–Trinajstić information content (AvgIpc) is 2.38. The maximum Gasteiger partial charge on any atom is 0.324 e. The van der Waals surface area contributed by atoms with E-state index in [-0.39, 0.29) is 0 Å². The molecule has 0 saturated heterocycles. The maximum atomic E-state index is 11.3. The van der Waals surface area contributed by atoms with E-state index in [4.69, 9.17) is 11.6 Å². The van der Waals surface area contributed by atoms with Gasteiger partial charge in [0.1, 0.15) is 5.38 Å². The maximum absolute atomic E-state index is 11.3. The molecule has 0 heterocycles. The van der Waals surface area contributed by atoms with Crippen LogP contribution in [0, 0.1) is 0 Å². The Bertz CT molecular complexity index is 583. The Morgan fingerprint density at radius 1 is 1.28 bits per heavy atom. The SMILES string of the molecule is COC(=O)C(Cl)Cc1ccc2cc(Br)ccc2c1. The first-order chi connectivity index (χ1) is 8.60. The van der Waals surface area contributed by atoms with Crippen molar-refractivity contribution in [2.24, 2.45) is 0 Å². The highest BCUT2D eigenvalue weighted by atomic mass is 79.9. The van der Waals surface area contributed by atoms with Gasteiger partial charge in [0.05, 0.1) is 7.11 Å². The summed E-state index contributed by atoms with van der Waals surface area (Å²) in [5, 5.41) is 1.64. The Hall–Kier alpha value is -1.06. The van der Waals surface area contributed by atoms with E-state index < -0.39 is 11.3 Å². The molecular weight excluding hydrogens is 316 g/mol. The number of esters is 1. The van der Waals surface area contributed by atoms with Crippen LogP contribution in [0.5, 0.6) is 0 Å². The second kappa shape index (κ2) is 5.72. The number of halogens is 2. The summed E-state index contributed by atoms with van der Waals surface area (Å²) in [6, 6.07) is 12.1. The summed E-state index contributed by atoms with van der Waals surface area (Å²) in [5.41, 5.74) is 1.02. The monoisotopic (exact) mass is 326 g/mol. The molecule has 0 saturated carbocycles. The largest absolute Gasteiger partial charge is 0.468 e. The molecule has 0 radical (unpaired) electrons. The van der Waals surface area contributed by atoms with Crippen molar-refractivity contribution < 1.29 is 9.53 Å². The van der Waals surface area contributed by atoms with Crippen LogP contribution < -0.4 is 0 Å². The highest BCUT2D eigenvalue weighted by molar-refractivity contribution is 9.10. The predicted molar refractivity (Wildman–Crippen MR) is 77.0 cm³/mol. The third-order valence-corrected chi connectivity index (χ3v) is 3.56. The quantitative estimate of drug-likeness (QED) is 0.631. The highest BCUT2D eigenvalue weighted by Gasteiger charge is 2.16. The highest BCUT2D eigenvalue weighted by Crippen LogP contribution is 2.22. The van der Waals surface area contributed by atoms with Crippen LogP contribution in [0.2, 0.25) is 0 Å². The Labute approximate surface area is 119 Å². The first-order valence-electron chi connectivity index (χ1n) is 5.50. The van der Waals surface area contributed by atoms with Crippen LogP contribution in [0.3, 0.4) is 0 Å². The fourth-order valence-corrected chi connectivity index (χ4v) is 2.46. The zero-order valence-electron chi connectivity index (χ0n) is 9.82. The molecular formula is C14H12BrClO2. The van der Waals surface area contributed by atoms with Gasteiger partial charge in [0.15, 0.2) is 0 Å². The van der Waals surface area contributed by atoms with Gasteiger partial charge < -0.3 is 4.74 Å². The van der Waals surface area contributed by atoms with Crippen LogP contribution in [0.1, 0.15) is 5.56 Å². The van der Waals surface area contributed by atoms with Crippen LogP contribution in [0.25, 0.3) is 10.8 Å². The summed E-state index contributed by atoms with van der Waals surface area (Å²) >= 11 is 9.40. The molecule has 0 aliphatic heterocycles. The third kappa shape index (κ3) is 3.03. The average molecular weight is 328 g/mol. The Morgan fingerprint density at radius 2 is 1.94 bits per heavy atom. The van der Waals surface area contributed by atoms with Crippen molar-refractivity contribution in [3.05, 3.63) is 46.4 Å². The number of carbonyl (C=O) groups excluding carboxylic acids is 1. The van der Waals surface area contributed by atoms with Crippen molar-refractivity contribution in [1.29, 1.82) is 0 Å². The van der Waals surface area contributed by atoms with Gasteiger partial charge >= 0.3 is 5.97 Å². The van der Waals surface area contributed by atoms with Gasteiger partial charge in [0.2, 0.25) is 0 Å². The summed E-state index contributed by atoms with van der Waals surface area (Å²) in [6.07, 6.45) is 0.472. The standard InChI is InChI=1S/C14H12BrClO2/c1-18-14(17)13(16)7-9-2-3-11-8-12(15)5-4-10(11)6-9/h2-6,8,13H,7H2,1H3. The molecule has 2 aromatic rings. The second-order valence-corrected chi connectivity index (χ2v) is 5.46. The van der Waals surface area contributed by atoms with Gasteiger partial charge in [-0.3, -0.25) is 4.79 Å². The lowest BCUT2D eigenvalue weighted by Gasteiger charge is -2.08. The fourth-order valence-electron chi connectivity index (χ4n) is 1.81. The predicted octanol–water partition coefficient (Wildman–Crippen LogP) is 3.93. The Morgan fingerprint density at radius 3 is 2.67 bits per heavy atom. The van der Waals surface area contributed by atoms with Crippen molar-refractivity contribution in [2.45, 2.75) is 11.8 Å². The number of ether oxygens (including phenoxy) is 1. The van der Waals surface area contributed by atoms with Gasteiger partial charge in [0, 0.05) is 4.47 Å². The van der Waals surface area contributed by atoms with Crippen molar-refractivity contribution in [3.63, 3.8) is 0 Å². The number of carbonyl (C=O) groups is 1. The summed E-state index contributed by atoms with van der Waals surface area (Å²) < 4.78 is 5.66. The summed E-state index contributed by atoms with van der Waals surface area (Å²) in [4.78, 5) is 11.3. The van der Waals surface area contributed by atoms with E-state index in [0.29, 0.717) is 6.42 Å². The van der Waals surface area contributed by atoms with E-state index in [1.807, 2.05) is 30.3 Å². The van der Waals surface area contributed by atoms with Crippen molar-refractivity contribution in [1.82, 2.24) is 0 Å². The third-order valence-electron chi connectivity index (χ3n) is 2.74. The van der Waals surface area contributed by atoms with Gasteiger partial charge in [-0.1, -0.05) is 40.2 Å². The van der Waals surface area contributed by atoms with Crippen LogP contribution in [0.15, 0.2) is 40.9 Å².